The topological polar surface area (TPSA) is 124 Å². The highest BCUT2D eigenvalue weighted by atomic mass is 16.5. The number of aliphatic hydroxyl groups is 3. The molecule has 42 heavy (non-hydrogen) atoms. The molecule has 0 spiro atoms. The molecule has 0 saturated heterocycles. The summed E-state index contributed by atoms with van der Waals surface area (Å²) in [4.78, 5) is 42.8. The number of allylic oxidation sites excluding steroid dienone is 2. The zero-order valence-corrected chi connectivity index (χ0v) is 26.4. The van der Waals surface area contributed by atoms with Crippen LogP contribution in [0.4, 0.5) is 0 Å². The van der Waals surface area contributed by atoms with Gasteiger partial charge in [-0.3, -0.25) is 14.4 Å². The van der Waals surface area contributed by atoms with Crippen molar-refractivity contribution in [1.82, 2.24) is 4.90 Å². The number of fused-ring (bicyclic) bond motifs is 3. The third-order valence-corrected chi connectivity index (χ3v) is 11.6. The summed E-state index contributed by atoms with van der Waals surface area (Å²) in [5.41, 5.74) is -2.65. The van der Waals surface area contributed by atoms with Gasteiger partial charge in [0.05, 0.1) is 29.3 Å². The molecule has 8 unspecified atom stereocenters. The summed E-state index contributed by atoms with van der Waals surface area (Å²) in [5, 5.41) is 35.7. The van der Waals surface area contributed by atoms with E-state index in [1.807, 2.05) is 21.0 Å². The first-order valence-electron chi connectivity index (χ1n) is 15.6. The Labute approximate surface area is 249 Å². The molecule has 5 rings (SSSR count). The zero-order valence-electron chi connectivity index (χ0n) is 26.4. The van der Waals surface area contributed by atoms with Gasteiger partial charge in [-0.05, 0) is 90.0 Å². The van der Waals surface area contributed by atoms with Gasteiger partial charge in [0.1, 0.15) is 18.0 Å². The summed E-state index contributed by atoms with van der Waals surface area (Å²) in [5.74, 6) is -2.16. The second kappa shape index (κ2) is 10.5. The molecular formula is C34H49NO7. The van der Waals surface area contributed by atoms with Crippen molar-refractivity contribution < 1.29 is 34.4 Å². The summed E-state index contributed by atoms with van der Waals surface area (Å²) in [7, 11) is 3.97. The van der Waals surface area contributed by atoms with E-state index >= 15 is 0 Å². The van der Waals surface area contributed by atoms with Crippen LogP contribution in [0.25, 0.3) is 0 Å². The number of aliphatic hydroxyl groups excluding tert-OH is 2. The van der Waals surface area contributed by atoms with E-state index in [2.05, 4.69) is 30.9 Å². The number of ketones is 3. The van der Waals surface area contributed by atoms with E-state index < -0.39 is 52.0 Å². The highest BCUT2D eigenvalue weighted by Crippen LogP contribution is 2.65. The largest absolute Gasteiger partial charge is 0.495 e. The van der Waals surface area contributed by atoms with Crippen LogP contribution in [0.1, 0.15) is 80.1 Å². The first kappa shape index (κ1) is 31.3. The molecule has 4 aliphatic carbocycles. The first-order chi connectivity index (χ1) is 19.5. The fraction of sp³-hybridized carbons (Fsp3) is 0.735. The molecule has 2 saturated carbocycles. The lowest BCUT2D eigenvalue weighted by molar-refractivity contribution is -0.236. The first-order valence-corrected chi connectivity index (χ1v) is 15.6. The molecule has 11 atom stereocenters. The number of rotatable bonds is 6. The molecule has 8 heteroatoms. The van der Waals surface area contributed by atoms with E-state index in [4.69, 9.17) is 4.74 Å². The maximum atomic E-state index is 14.5. The summed E-state index contributed by atoms with van der Waals surface area (Å²) >= 11 is 0. The van der Waals surface area contributed by atoms with E-state index in [-0.39, 0.29) is 35.8 Å². The average Bonchev–Trinajstić information content (AvgIpc) is 3.18. The van der Waals surface area contributed by atoms with Gasteiger partial charge in [0.15, 0.2) is 11.4 Å². The Morgan fingerprint density at radius 1 is 1.12 bits per heavy atom. The van der Waals surface area contributed by atoms with Gasteiger partial charge in [-0.25, -0.2) is 0 Å². The third kappa shape index (κ3) is 4.51. The van der Waals surface area contributed by atoms with Crippen LogP contribution in [0.5, 0.6) is 0 Å². The maximum absolute atomic E-state index is 14.5. The van der Waals surface area contributed by atoms with Gasteiger partial charge in [-0.15, -0.1) is 0 Å². The monoisotopic (exact) mass is 583 g/mol. The normalized spacial score (nSPS) is 45.1. The SMILES string of the molecule is CC(=O)C1=C(C)C[C@]2(C)C[C@]3(C)CC4C(C(=O)C3C(O)[C@]2(O)C1=O)C(O)C(CCCC1=CC(C)C(C)O1)=CC4N(C)C. The maximum Gasteiger partial charge on any atom is 0.201 e. The van der Waals surface area contributed by atoms with Gasteiger partial charge in [-0.2, -0.15) is 0 Å². The molecule has 0 bridgehead atoms. The summed E-state index contributed by atoms with van der Waals surface area (Å²) in [6, 6.07) is -0.0817. The molecule has 1 aliphatic heterocycles. The van der Waals surface area contributed by atoms with Crippen LogP contribution in [-0.2, 0) is 19.1 Å². The lowest BCUT2D eigenvalue weighted by Crippen LogP contribution is -2.74. The van der Waals surface area contributed by atoms with Gasteiger partial charge >= 0.3 is 0 Å². The highest BCUT2D eigenvalue weighted by Gasteiger charge is 2.72. The molecule has 3 N–H and O–H groups in total. The number of likely N-dealkylation sites (N-methyl/N-ethyl adjacent to an activating group) is 1. The average molecular weight is 584 g/mol. The third-order valence-electron chi connectivity index (χ3n) is 11.6. The lowest BCUT2D eigenvalue weighted by atomic mass is 9.41. The fourth-order valence-corrected chi connectivity index (χ4v) is 9.60. The van der Waals surface area contributed by atoms with Crippen molar-refractivity contribution in [3.63, 3.8) is 0 Å². The van der Waals surface area contributed by atoms with Crippen molar-refractivity contribution in [2.24, 2.45) is 34.5 Å². The van der Waals surface area contributed by atoms with Crippen molar-refractivity contribution in [3.8, 4) is 0 Å². The van der Waals surface area contributed by atoms with Gasteiger partial charge in [0.25, 0.3) is 0 Å². The number of carbonyl (C=O) groups excluding carboxylic acids is 3. The van der Waals surface area contributed by atoms with E-state index in [0.717, 1.165) is 24.2 Å². The number of nitrogens with zero attached hydrogens (tertiary/aromatic N) is 1. The number of Topliss-reactive ketones (excluding diaryl/α,β-unsaturated/α-hetero) is 3. The molecule has 232 valence electrons. The number of ether oxygens (including phenoxy) is 1. The van der Waals surface area contributed by atoms with Crippen LogP contribution in [0.2, 0.25) is 0 Å². The fourth-order valence-electron chi connectivity index (χ4n) is 9.60. The van der Waals surface area contributed by atoms with Crippen molar-refractivity contribution >= 4 is 17.3 Å². The van der Waals surface area contributed by atoms with Crippen LogP contribution >= 0.6 is 0 Å². The molecule has 2 fully saturated rings. The molecule has 5 aliphatic rings. The van der Waals surface area contributed by atoms with Crippen molar-refractivity contribution in [3.05, 3.63) is 34.6 Å². The number of hydrogen-bond acceptors (Lipinski definition) is 8. The minimum atomic E-state index is -2.26. The van der Waals surface area contributed by atoms with E-state index in [0.29, 0.717) is 30.8 Å². The smallest absolute Gasteiger partial charge is 0.201 e. The standard InChI is InChI=1S/C34H49NO7/c1-17-12-22(42-20(17)4)11-9-10-21-13-24(35(7)8)23-15-32(5)16-33(6)14-18(2)25(19(3)36)30(39)34(33,41)31(40)27(32)29(38)26(23)28(21)37/h12-13,17,20,23-24,26-28,31,37,40-41H,9-11,14-16H2,1-8H3/t17?,20?,23?,24?,26?,27?,28?,31?,32-,33+,34+/m0/s1. The second-order valence-electron chi connectivity index (χ2n) is 14.9. The van der Waals surface area contributed by atoms with Crippen LogP contribution < -0.4 is 0 Å². The predicted octanol–water partition coefficient (Wildman–Crippen LogP) is 3.53. The summed E-state index contributed by atoms with van der Waals surface area (Å²) in [6.07, 6.45) is 5.10. The van der Waals surface area contributed by atoms with Crippen LogP contribution in [0, 0.1) is 34.5 Å². The lowest BCUT2D eigenvalue weighted by Gasteiger charge is -2.64. The van der Waals surface area contributed by atoms with Crippen molar-refractivity contribution in [2.45, 2.75) is 110 Å². The molecule has 0 amide bonds. The van der Waals surface area contributed by atoms with Gasteiger partial charge in [-0.1, -0.05) is 32.4 Å². The molecule has 1 heterocycles. The quantitative estimate of drug-likeness (QED) is 0.321. The molecule has 0 radical (unpaired) electrons. The highest BCUT2D eigenvalue weighted by molar-refractivity contribution is 6.24. The Balaban J connectivity index is 1.47. The Kier molecular flexibility index (Phi) is 7.82. The minimum Gasteiger partial charge on any atom is -0.495 e. The predicted molar refractivity (Wildman–Crippen MR) is 158 cm³/mol. The van der Waals surface area contributed by atoms with E-state index in [9.17, 15) is 29.7 Å². The van der Waals surface area contributed by atoms with E-state index in [1.165, 1.54) is 6.92 Å². The van der Waals surface area contributed by atoms with Crippen LogP contribution in [0.3, 0.4) is 0 Å². The number of hydrogen-bond donors (Lipinski definition) is 3. The Bertz CT molecular complexity index is 1280. The van der Waals surface area contributed by atoms with Gasteiger partial charge < -0.3 is 25.0 Å². The minimum absolute atomic E-state index is 0.0699. The Hall–Kier alpha value is -2.13. The van der Waals surface area contributed by atoms with Gasteiger partial charge in [0.2, 0.25) is 5.78 Å². The molecule has 0 aromatic rings. The summed E-state index contributed by atoms with van der Waals surface area (Å²) in [6.45, 7) is 11.0. The Morgan fingerprint density at radius 3 is 2.36 bits per heavy atom. The zero-order chi connectivity index (χ0) is 31.1. The molecule has 0 aromatic carbocycles. The van der Waals surface area contributed by atoms with Crippen LogP contribution in [0.15, 0.2) is 34.6 Å². The second-order valence-corrected chi connectivity index (χ2v) is 14.9. The van der Waals surface area contributed by atoms with Gasteiger partial charge in [0, 0.05) is 23.8 Å². The number of carbonyl (C=O) groups is 3. The molecule has 0 aromatic heterocycles. The summed E-state index contributed by atoms with van der Waals surface area (Å²) < 4.78 is 5.95. The van der Waals surface area contributed by atoms with Crippen molar-refractivity contribution in [2.75, 3.05) is 14.1 Å². The van der Waals surface area contributed by atoms with Crippen molar-refractivity contribution in [1.29, 1.82) is 0 Å². The van der Waals surface area contributed by atoms with E-state index in [1.54, 1.807) is 13.8 Å². The molecular weight excluding hydrogens is 534 g/mol. The van der Waals surface area contributed by atoms with Crippen LogP contribution in [-0.4, -0.2) is 81.6 Å². The Morgan fingerprint density at radius 2 is 1.79 bits per heavy atom. The molecule has 8 nitrogen and oxygen atoms in total.